The van der Waals surface area contributed by atoms with Crippen LogP contribution in [0.25, 0.3) is 0 Å². The van der Waals surface area contributed by atoms with Gasteiger partial charge in [-0.05, 0) is 29.3 Å². The highest BCUT2D eigenvalue weighted by atomic mass is 35.5. The highest BCUT2D eigenvalue weighted by Crippen LogP contribution is 2.30. The van der Waals surface area contributed by atoms with Crippen molar-refractivity contribution in [2.75, 3.05) is 13.6 Å². The first kappa shape index (κ1) is 25.4. The molecule has 1 unspecified atom stereocenters. The van der Waals surface area contributed by atoms with Gasteiger partial charge in [-0.2, -0.15) is 0 Å². The second-order valence-corrected chi connectivity index (χ2v) is 10.5. The molecule has 1 N–H and O–H groups in total. The van der Waals surface area contributed by atoms with Gasteiger partial charge >= 0.3 is 0 Å². The minimum Gasteiger partial charge on any atom is -0.357 e. The molecule has 0 saturated heterocycles. The number of halogens is 1. The summed E-state index contributed by atoms with van der Waals surface area (Å²) in [6, 6.07) is 20.9. The first-order valence-corrected chi connectivity index (χ1v) is 13.0. The summed E-state index contributed by atoms with van der Waals surface area (Å²) in [6.07, 6.45) is 0.178. The number of carbonyl (C=O) groups excluding carboxylic acids is 3. The molecular weight excluding hydrogens is 502 g/mol. The number of carbonyl (C=O) groups is 3. The number of rotatable bonds is 8. The highest BCUT2D eigenvalue weighted by Gasteiger charge is 2.43. The van der Waals surface area contributed by atoms with Gasteiger partial charge in [0.25, 0.3) is 15.9 Å². The summed E-state index contributed by atoms with van der Waals surface area (Å²) in [5, 5.41) is 2.98. The van der Waals surface area contributed by atoms with Crippen molar-refractivity contribution in [3.05, 3.63) is 101 Å². The summed E-state index contributed by atoms with van der Waals surface area (Å²) in [4.78, 5) is 40.7. The number of sulfonamides is 1. The lowest BCUT2D eigenvalue weighted by Gasteiger charge is -2.32. The van der Waals surface area contributed by atoms with Gasteiger partial charge in [0.15, 0.2) is 0 Å². The molecular formula is C26H24ClN3O5S. The Labute approximate surface area is 214 Å². The topological polar surface area (TPSA) is 104 Å². The van der Waals surface area contributed by atoms with E-state index in [1.54, 1.807) is 30.3 Å². The normalized spacial score (nSPS) is 14.7. The molecule has 3 aromatic carbocycles. The first-order chi connectivity index (χ1) is 17.2. The molecule has 1 aliphatic rings. The Morgan fingerprint density at radius 2 is 1.61 bits per heavy atom. The van der Waals surface area contributed by atoms with E-state index in [0.29, 0.717) is 14.9 Å². The van der Waals surface area contributed by atoms with Gasteiger partial charge in [-0.15, -0.1) is 0 Å². The summed E-state index contributed by atoms with van der Waals surface area (Å²) in [5.41, 5.74) is 1.39. The Hall–Kier alpha value is -3.69. The van der Waals surface area contributed by atoms with Crippen LogP contribution in [-0.4, -0.2) is 55.0 Å². The minimum absolute atomic E-state index is 0.00934. The SMILES string of the molecule is CNC(=O)C(Cc1ccccc1)N(Cc1ccccc1Cl)C(=O)CN1C(=O)c2ccccc2S1(=O)=O. The molecule has 0 bridgehead atoms. The maximum Gasteiger partial charge on any atom is 0.269 e. The number of nitrogens with zero attached hydrogens (tertiary/aromatic N) is 2. The van der Waals surface area contributed by atoms with Crippen LogP contribution in [-0.2, 0) is 32.6 Å². The summed E-state index contributed by atoms with van der Waals surface area (Å²) in [6.45, 7) is -0.805. The zero-order valence-electron chi connectivity index (χ0n) is 19.4. The molecule has 0 spiro atoms. The summed E-state index contributed by atoms with van der Waals surface area (Å²) in [7, 11) is -2.74. The number of amides is 3. The van der Waals surface area contributed by atoms with Crippen molar-refractivity contribution in [3.8, 4) is 0 Å². The molecule has 3 amide bonds. The van der Waals surface area contributed by atoms with E-state index in [4.69, 9.17) is 11.6 Å². The van der Waals surface area contributed by atoms with E-state index in [2.05, 4.69) is 5.32 Å². The Bertz CT molecular complexity index is 1410. The fourth-order valence-corrected chi connectivity index (χ4v) is 5.85. The van der Waals surface area contributed by atoms with Gasteiger partial charge in [0.05, 0.1) is 5.56 Å². The quantitative estimate of drug-likeness (QED) is 0.487. The Balaban J connectivity index is 1.71. The summed E-state index contributed by atoms with van der Waals surface area (Å²) in [5.74, 6) is -1.92. The van der Waals surface area contributed by atoms with E-state index < -0.39 is 40.3 Å². The summed E-state index contributed by atoms with van der Waals surface area (Å²) < 4.78 is 26.7. The second-order valence-electron chi connectivity index (χ2n) is 8.25. The number of fused-ring (bicyclic) bond motifs is 1. The fourth-order valence-electron chi connectivity index (χ4n) is 4.13. The average molecular weight is 526 g/mol. The number of hydrogen-bond donors (Lipinski definition) is 1. The van der Waals surface area contributed by atoms with Crippen LogP contribution in [0.15, 0.2) is 83.8 Å². The monoisotopic (exact) mass is 525 g/mol. The van der Waals surface area contributed by atoms with E-state index >= 15 is 0 Å². The lowest BCUT2D eigenvalue weighted by molar-refractivity contribution is -0.140. The van der Waals surface area contributed by atoms with Crippen LogP contribution >= 0.6 is 11.6 Å². The molecule has 36 heavy (non-hydrogen) atoms. The van der Waals surface area contributed by atoms with E-state index in [0.717, 1.165) is 5.56 Å². The van der Waals surface area contributed by atoms with Crippen molar-refractivity contribution in [1.82, 2.24) is 14.5 Å². The van der Waals surface area contributed by atoms with Gasteiger partial charge in [-0.1, -0.05) is 72.3 Å². The van der Waals surface area contributed by atoms with E-state index in [9.17, 15) is 22.8 Å². The van der Waals surface area contributed by atoms with Crippen LogP contribution in [0.4, 0.5) is 0 Å². The Kier molecular flexibility index (Phi) is 7.42. The smallest absolute Gasteiger partial charge is 0.269 e. The van der Waals surface area contributed by atoms with E-state index in [-0.39, 0.29) is 23.4 Å². The number of hydrogen-bond acceptors (Lipinski definition) is 5. The molecule has 0 aromatic heterocycles. The molecule has 186 valence electrons. The van der Waals surface area contributed by atoms with Crippen molar-refractivity contribution in [2.24, 2.45) is 0 Å². The van der Waals surface area contributed by atoms with Gasteiger partial charge in [-0.25, -0.2) is 12.7 Å². The van der Waals surface area contributed by atoms with Crippen LogP contribution in [0.1, 0.15) is 21.5 Å². The van der Waals surface area contributed by atoms with E-state index in [1.165, 1.54) is 30.1 Å². The fraction of sp³-hybridized carbons (Fsp3) is 0.192. The van der Waals surface area contributed by atoms with Gasteiger partial charge in [0.1, 0.15) is 17.5 Å². The molecule has 10 heteroatoms. The molecule has 0 aliphatic carbocycles. The molecule has 4 rings (SSSR count). The second kappa shape index (κ2) is 10.5. The molecule has 3 aromatic rings. The highest BCUT2D eigenvalue weighted by molar-refractivity contribution is 7.90. The lowest BCUT2D eigenvalue weighted by atomic mass is 10.0. The number of likely N-dealkylation sites (N-methyl/N-ethyl adjacent to an activating group) is 1. The van der Waals surface area contributed by atoms with Crippen molar-refractivity contribution >= 4 is 39.3 Å². The molecule has 0 radical (unpaired) electrons. The predicted octanol–water partition coefficient (Wildman–Crippen LogP) is 2.87. The Morgan fingerprint density at radius 1 is 0.972 bits per heavy atom. The van der Waals surface area contributed by atoms with E-state index in [1.807, 2.05) is 30.3 Å². The van der Waals surface area contributed by atoms with Gasteiger partial charge in [0.2, 0.25) is 11.8 Å². The minimum atomic E-state index is -4.21. The third-order valence-electron chi connectivity index (χ3n) is 6.01. The third-order valence-corrected chi connectivity index (χ3v) is 8.16. The maximum absolute atomic E-state index is 13.7. The van der Waals surface area contributed by atoms with Crippen LogP contribution in [0, 0.1) is 0 Å². The molecule has 0 fully saturated rings. The molecule has 0 saturated carbocycles. The van der Waals surface area contributed by atoms with Crippen molar-refractivity contribution in [1.29, 1.82) is 0 Å². The van der Waals surface area contributed by atoms with Crippen LogP contribution in [0.5, 0.6) is 0 Å². The molecule has 1 aliphatic heterocycles. The number of benzene rings is 3. The molecule has 8 nitrogen and oxygen atoms in total. The largest absolute Gasteiger partial charge is 0.357 e. The first-order valence-electron chi connectivity index (χ1n) is 11.2. The summed E-state index contributed by atoms with van der Waals surface area (Å²) >= 11 is 6.35. The van der Waals surface area contributed by atoms with Crippen LogP contribution < -0.4 is 5.32 Å². The van der Waals surface area contributed by atoms with Crippen LogP contribution in [0.3, 0.4) is 0 Å². The maximum atomic E-state index is 13.7. The van der Waals surface area contributed by atoms with Gasteiger partial charge in [0, 0.05) is 25.0 Å². The lowest BCUT2D eigenvalue weighted by Crippen LogP contribution is -2.52. The average Bonchev–Trinajstić information content (AvgIpc) is 3.08. The van der Waals surface area contributed by atoms with Crippen molar-refractivity contribution in [3.63, 3.8) is 0 Å². The van der Waals surface area contributed by atoms with Gasteiger partial charge in [-0.3, -0.25) is 14.4 Å². The van der Waals surface area contributed by atoms with Gasteiger partial charge < -0.3 is 10.2 Å². The van der Waals surface area contributed by atoms with Crippen LogP contribution in [0.2, 0.25) is 5.02 Å². The zero-order valence-corrected chi connectivity index (χ0v) is 21.0. The Morgan fingerprint density at radius 3 is 2.28 bits per heavy atom. The standard InChI is InChI=1S/C26H24ClN3O5S/c1-28-25(32)22(15-18-9-3-2-4-10-18)29(16-19-11-5-7-13-21(19)27)24(31)17-30-26(33)20-12-6-8-14-23(20)36(30,34)35/h2-14,22H,15-17H2,1H3,(H,28,32). The number of nitrogens with one attached hydrogen (secondary N) is 1. The van der Waals surface area contributed by atoms with Crippen molar-refractivity contribution in [2.45, 2.75) is 23.9 Å². The van der Waals surface area contributed by atoms with Crippen molar-refractivity contribution < 1.29 is 22.8 Å². The predicted molar refractivity (Wildman–Crippen MR) is 135 cm³/mol. The zero-order chi connectivity index (χ0) is 25.9. The molecule has 1 atom stereocenters. The third kappa shape index (κ3) is 4.98. The molecule has 1 heterocycles.